The first-order valence-corrected chi connectivity index (χ1v) is 13.7. The average molecular weight is 540 g/mol. The molecule has 9 nitrogen and oxygen atoms in total. The number of rotatable bonds is 10. The van der Waals surface area contributed by atoms with Crippen LogP contribution >= 0.6 is 0 Å². The fourth-order valence-corrected chi connectivity index (χ4v) is 5.27. The lowest BCUT2D eigenvalue weighted by Crippen LogP contribution is -2.47. The molecule has 0 unspecified atom stereocenters. The highest BCUT2D eigenvalue weighted by Crippen LogP contribution is 2.35. The molecule has 0 bridgehead atoms. The van der Waals surface area contributed by atoms with Gasteiger partial charge in [-0.25, -0.2) is 4.68 Å². The van der Waals surface area contributed by atoms with Gasteiger partial charge in [-0.3, -0.25) is 19.3 Å². The van der Waals surface area contributed by atoms with Crippen molar-refractivity contribution in [3.63, 3.8) is 0 Å². The van der Waals surface area contributed by atoms with Crippen LogP contribution in [0.4, 0.5) is 5.69 Å². The van der Waals surface area contributed by atoms with Gasteiger partial charge in [0, 0.05) is 22.9 Å². The summed E-state index contributed by atoms with van der Waals surface area (Å²) < 4.78 is 7.46. The summed E-state index contributed by atoms with van der Waals surface area (Å²) >= 11 is 0. The zero-order chi connectivity index (χ0) is 28.1. The highest BCUT2D eigenvalue weighted by Gasteiger charge is 2.36. The van der Waals surface area contributed by atoms with E-state index in [1.165, 1.54) is 16.5 Å². The van der Waals surface area contributed by atoms with E-state index in [9.17, 15) is 14.4 Å². The Hall–Kier alpha value is -4.53. The number of benzene rings is 3. The van der Waals surface area contributed by atoms with E-state index in [4.69, 9.17) is 4.74 Å². The molecule has 40 heavy (non-hydrogen) atoms. The van der Waals surface area contributed by atoms with Crippen LogP contribution in [0.2, 0.25) is 0 Å². The number of fused-ring (bicyclic) bond motifs is 1. The molecule has 1 atom stereocenters. The summed E-state index contributed by atoms with van der Waals surface area (Å²) in [6, 6.07) is 20.5. The molecule has 1 heterocycles. The Morgan fingerprint density at radius 3 is 2.42 bits per heavy atom. The predicted molar refractivity (Wildman–Crippen MR) is 152 cm³/mol. The standard InChI is InChI=1S/C31H33N5O4/c1-3-40-28-15-9-6-12-25(28)30(31(39)32-23-10-4-5-11-23)36(24-18-16-22(17-19-24)21(2)37)29(38)20-35-27-14-8-7-13-26(27)33-34-35/h6-9,12-19,23,30H,3-5,10-11,20H2,1-2H3,(H,32,39)/t30-/m0/s1. The van der Waals surface area contributed by atoms with Gasteiger partial charge in [0.05, 0.1) is 12.1 Å². The van der Waals surface area contributed by atoms with Crippen LogP contribution in [0.1, 0.15) is 61.5 Å². The maximum Gasteiger partial charge on any atom is 0.249 e. The molecule has 1 fully saturated rings. The zero-order valence-electron chi connectivity index (χ0n) is 22.7. The number of amides is 2. The summed E-state index contributed by atoms with van der Waals surface area (Å²) in [5, 5.41) is 11.6. The summed E-state index contributed by atoms with van der Waals surface area (Å²) in [6.45, 7) is 3.63. The Morgan fingerprint density at radius 1 is 1.00 bits per heavy atom. The summed E-state index contributed by atoms with van der Waals surface area (Å²) in [5.74, 6) is -0.202. The van der Waals surface area contributed by atoms with E-state index in [-0.39, 0.29) is 30.2 Å². The van der Waals surface area contributed by atoms with Crippen LogP contribution in [-0.2, 0) is 16.1 Å². The van der Waals surface area contributed by atoms with Crippen LogP contribution < -0.4 is 15.0 Å². The van der Waals surface area contributed by atoms with Crippen LogP contribution in [0.3, 0.4) is 0 Å². The number of aromatic nitrogens is 3. The number of carbonyl (C=O) groups excluding carboxylic acids is 3. The maximum atomic E-state index is 14.2. The van der Waals surface area contributed by atoms with Gasteiger partial charge in [-0.05, 0) is 69.2 Å². The molecule has 0 spiro atoms. The highest BCUT2D eigenvalue weighted by atomic mass is 16.5. The van der Waals surface area contributed by atoms with Crippen molar-refractivity contribution in [3.05, 3.63) is 83.9 Å². The van der Waals surface area contributed by atoms with Crippen LogP contribution in [0, 0.1) is 0 Å². The van der Waals surface area contributed by atoms with Gasteiger partial charge in [0.25, 0.3) is 0 Å². The molecule has 4 aromatic rings. The fourth-order valence-electron chi connectivity index (χ4n) is 5.27. The van der Waals surface area contributed by atoms with Crippen molar-refractivity contribution < 1.29 is 19.1 Å². The highest BCUT2D eigenvalue weighted by molar-refractivity contribution is 6.02. The molecule has 3 aromatic carbocycles. The van der Waals surface area contributed by atoms with Crippen LogP contribution in [0.25, 0.3) is 11.0 Å². The quantitative estimate of drug-likeness (QED) is 0.288. The third-order valence-corrected chi connectivity index (χ3v) is 7.25. The molecule has 0 saturated heterocycles. The van der Waals surface area contributed by atoms with Gasteiger partial charge in [-0.15, -0.1) is 5.10 Å². The minimum atomic E-state index is -1.02. The SMILES string of the molecule is CCOc1ccccc1[C@@H](C(=O)NC1CCCC1)N(C(=O)Cn1nnc2ccccc21)c1ccc(C(C)=O)cc1. The molecule has 1 aliphatic carbocycles. The number of ether oxygens (including phenoxy) is 1. The lowest BCUT2D eigenvalue weighted by atomic mass is 10.0. The van der Waals surface area contributed by atoms with Crippen molar-refractivity contribution in [2.24, 2.45) is 0 Å². The molecule has 1 aromatic heterocycles. The topological polar surface area (TPSA) is 106 Å². The molecular weight excluding hydrogens is 506 g/mol. The number of nitrogens with zero attached hydrogens (tertiary/aromatic N) is 4. The van der Waals surface area contributed by atoms with Crippen molar-refractivity contribution in [2.75, 3.05) is 11.5 Å². The lowest BCUT2D eigenvalue weighted by Gasteiger charge is -2.33. The molecular formula is C31H33N5O4. The van der Waals surface area contributed by atoms with E-state index >= 15 is 0 Å². The number of nitrogens with one attached hydrogen (secondary N) is 1. The number of hydrogen-bond acceptors (Lipinski definition) is 6. The number of Topliss-reactive ketones (excluding diaryl/α,β-unsaturated/α-hetero) is 1. The first kappa shape index (κ1) is 27.1. The lowest BCUT2D eigenvalue weighted by molar-refractivity contribution is -0.127. The van der Waals surface area contributed by atoms with E-state index in [0.717, 1.165) is 25.7 Å². The Morgan fingerprint density at radius 2 is 1.70 bits per heavy atom. The predicted octanol–water partition coefficient (Wildman–Crippen LogP) is 4.87. The van der Waals surface area contributed by atoms with Gasteiger partial charge in [0.2, 0.25) is 11.8 Å². The summed E-state index contributed by atoms with van der Waals surface area (Å²) in [7, 11) is 0. The van der Waals surface area contributed by atoms with Crippen LogP contribution in [0.5, 0.6) is 5.75 Å². The van der Waals surface area contributed by atoms with Gasteiger partial charge >= 0.3 is 0 Å². The van der Waals surface area contributed by atoms with Gasteiger partial charge in [0.15, 0.2) is 5.78 Å². The molecule has 9 heteroatoms. The van der Waals surface area contributed by atoms with E-state index in [1.807, 2.05) is 49.4 Å². The van der Waals surface area contributed by atoms with Crippen molar-refractivity contribution in [1.29, 1.82) is 0 Å². The summed E-state index contributed by atoms with van der Waals surface area (Å²) in [5.41, 5.74) is 2.96. The molecule has 1 N–H and O–H groups in total. The second-order valence-corrected chi connectivity index (χ2v) is 9.97. The van der Waals surface area contributed by atoms with Crippen LogP contribution in [0.15, 0.2) is 72.8 Å². The fraction of sp³-hybridized carbons (Fsp3) is 0.323. The largest absolute Gasteiger partial charge is 0.493 e. The molecule has 206 valence electrons. The molecule has 1 aliphatic rings. The van der Waals surface area contributed by atoms with Gasteiger partial charge in [-0.2, -0.15) is 0 Å². The Balaban J connectivity index is 1.61. The van der Waals surface area contributed by atoms with Gasteiger partial charge < -0.3 is 10.1 Å². The van der Waals surface area contributed by atoms with Crippen molar-refractivity contribution in [2.45, 2.75) is 58.2 Å². The van der Waals surface area contributed by atoms with Crippen molar-refractivity contribution >= 4 is 34.3 Å². The normalized spacial score (nSPS) is 14.2. The second kappa shape index (κ2) is 12.1. The summed E-state index contributed by atoms with van der Waals surface area (Å²) in [6.07, 6.45) is 3.91. The van der Waals surface area contributed by atoms with Crippen molar-refractivity contribution in [1.82, 2.24) is 20.3 Å². The zero-order valence-corrected chi connectivity index (χ0v) is 22.7. The first-order valence-electron chi connectivity index (χ1n) is 13.7. The Bertz CT molecular complexity index is 1510. The van der Waals surface area contributed by atoms with E-state index in [0.29, 0.717) is 40.2 Å². The van der Waals surface area contributed by atoms with Gasteiger partial charge in [0.1, 0.15) is 23.9 Å². The van der Waals surface area contributed by atoms with E-state index < -0.39 is 6.04 Å². The Labute approximate surface area is 233 Å². The van der Waals surface area contributed by atoms with Crippen molar-refractivity contribution in [3.8, 4) is 5.75 Å². The van der Waals surface area contributed by atoms with E-state index in [1.54, 1.807) is 30.3 Å². The number of hydrogen-bond donors (Lipinski definition) is 1. The third kappa shape index (κ3) is 5.73. The minimum absolute atomic E-state index is 0.0468. The van der Waals surface area contributed by atoms with Gasteiger partial charge in [-0.1, -0.05) is 48.4 Å². The van der Waals surface area contributed by atoms with E-state index in [2.05, 4.69) is 15.6 Å². The Kier molecular flexibility index (Phi) is 8.19. The number of anilines is 1. The molecule has 0 aliphatic heterocycles. The summed E-state index contributed by atoms with van der Waals surface area (Å²) in [4.78, 5) is 41.8. The maximum absolute atomic E-state index is 14.2. The molecule has 2 amide bonds. The van der Waals surface area contributed by atoms with Crippen LogP contribution in [-0.4, -0.2) is 45.2 Å². The number of para-hydroxylation sites is 2. The average Bonchev–Trinajstić information content (AvgIpc) is 3.62. The monoisotopic (exact) mass is 539 g/mol. The number of ketones is 1. The molecule has 5 rings (SSSR count). The molecule has 1 saturated carbocycles. The minimum Gasteiger partial charge on any atom is -0.493 e. The molecule has 0 radical (unpaired) electrons. The number of carbonyl (C=O) groups is 3. The second-order valence-electron chi connectivity index (χ2n) is 9.97. The third-order valence-electron chi connectivity index (χ3n) is 7.25. The first-order chi connectivity index (χ1) is 19.5. The smallest absolute Gasteiger partial charge is 0.249 e.